The van der Waals surface area contributed by atoms with Gasteiger partial charge in [0.15, 0.2) is 0 Å². The molecule has 0 amide bonds. The molecule has 1 aliphatic rings. The molecule has 0 unspecified atom stereocenters. The summed E-state index contributed by atoms with van der Waals surface area (Å²) in [6.45, 7) is 10.8. The Morgan fingerprint density at radius 3 is 2.67 bits per heavy atom. The van der Waals surface area contributed by atoms with Gasteiger partial charge in [-0.2, -0.15) is 0 Å². The van der Waals surface area contributed by atoms with Crippen LogP contribution < -0.4 is 10.6 Å². The number of hydrogen-bond donors (Lipinski definition) is 1. The third-order valence-electron chi connectivity index (χ3n) is 3.72. The first kappa shape index (κ1) is 13.1. The van der Waals surface area contributed by atoms with Crippen LogP contribution in [0.25, 0.3) is 0 Å². The van der Waals surface area contributed by atoms with Crippen LogP contribution in [0.5, 0.6) is 0 Å². The van der Waals surface area contributed by atoms with Crippen molar-refractivity contribution in [2.75, 3.05) is 23.7 Å². The first-order valence-corrected chi connectivity index (χ1v) is 6.81. The van der Waals surface area contributed by atoms with Gasteiger partial charge in [-0.25, -0.2) is 9.97 Å². The Bertz CT molecular complexity index is 440. The Morgan fingerprint density at radius 2 is 2.06 bits per heavy atom. The molecule has 2 rings (SSSR count). The highest BCUT2D eigenvalue weighted by Crippen LogP contribution is 2.32. The van der Waals surface area contributed by atoms with Crippen LogP contribution in [0, 0.1) is 12.3 Å². The van der Waals surface area contributed by atoms with Crippen LogP contribution in [0.2, 0.25) is 0 Å². The smallest absolute Gasteiger partial charge is 0.137 e. The van der Waals surface area contributed by atoms with E-state index in [0.717, 1.165) is 36.7 Å². The normalized spacial score (nSPS) is 19.0. The summed E-state index contributed by atoms with van der Waals surface area (Å²) in [5.74, 6) is 2.50. The average Bonchev–Trinajstić information content (AvgIpc) is 2.31. The summed E-state index contributed by atoms with van der Waals surface area (Å²) in [6, 6.07) is 0. The summed E-state index contributed by atoms with van der Waals surface area (Å²) >= 11 is 0. The van der Waals surface area contributed by atoms with Gasteiger partial charge in [0, 0.05) is 25.1 Å². The number of anilines is 2. The van der Waals surface area contributed by atoms with E-state index in [2.05, 4.69) is 35.6 Å². The van der Waals surface area contributed by atoms with E-state index in [1.165, 1.54) is 12.8 Å². The highest BCUT2D eigenvalue weighted by atomic mass is 15.2. The molecular weight excluding hydrogens is 224 g/mol. The van der Waals surface area contributed by atoms with Crippen LogP contribution in [0.1, 0.15) is 45.0 Å². The van der Waals surface area contributed by atoms with E-state index in [9.17, 15) is 0 Å². The molecule has 4 heteroatoms. The quantitative estimate of drug-likeness (QED) is 0.874. The van der Waals surface area contributed by atoms with Gasteiger partial charge in [0.25, 0.3) is 0 Å². The zero-order valence-electron chi connectivity index (χ0n) is 12.0. The Hall–Kier alpha value is -1.32. The zero-order valence-corrected chi connectivity index (χ0v) is 12.0. The number of nitrogens with zero attached hydrogens (tertiary/aromatic N) is 3. The second kappa shape index (κ2) is 4.75. The van der Waals surface area contributed by atoms with Crippen molar-refractivity contribution in [2.24, 2.45) is 5.41 Å². The number of nitrogen functional groups attached to an aromatic ring is 1. The minimum absolute atomic E-state index is 0.358. The van der Waals surface area contributed by atoms with Crippen molar-refractivity contribution in [2.45, 2.75) is 47.0 Å². The zero-order chi connectivity index (χ0) is 13.3. The lowest BCUT2D eigenvalue weighted by Gasteiger charge is -2.39. The maximum Gasteiger partial charge on any atom is 0.137 e. The molecule has 100 valence electrons. The van der Waals surface area contributed by atoms with Crippen molar-refractivity contribution in [3.63, 3.8) is 0 Å². The molecule has 0 spiro atoms. The molecule has 1 aromatic rings. The summed E-state index contributed by atoms with van der Waals surface area (Å²) < 4.78 is 0. The molecule has 2 heterocycles. The summed E-state index contributed by atoms with van der Waals surface area (Å²) in [5.41, 5.74) is 7.37. The topological polar surface area (TPSA) is 55.0 Å². The second-order valence-electron chi connectivity index (χ2n) is 6.02. The molecule has 2 N–H and O–H groups in total. The molecule has 1 saturated heterocycles. The highest BCUT2D eigenvalue weighted by molar-refractivity contribution is 5.56. The van der Waals surface area contributed by atoms with Gasteiger partial charge in [-0.1, -0.05) is 20.8 Å². The number of aromatic nitrogens is 2. The third-order valence-corrected chi connectivity index (χ3v) is 3.72. The maximum atomic E-state index is 5.99. The third kappa shape index (κ3) is 2.57. The number of hydrogen-bond acceptors (Lipinski definition) is 4. The largest absolute Gasteiger partial charge is 0.383 e. The number of piperidine rings is 1. The van der Waals surface area contributed by atoms with Crippen LogP contribution in [-0.2, 0) is 6.42 Å². The second-order valence-corrected chi connectivity index (χ2v) is 6.02. The molecule has 0 aliphatic carbocycles. The summed E-state index contributed by atoms with van der Waals surface area (Å²) in [5, 5.41) is 0. The minimum Gasteiger partial charge on any atom is -0.383 e. The Labute approximate surface area is 110 Å². The molecule has 4 nitrogen and oxygen atoms in total. The maximum absolute atomic E-state index is 5.99. The standard InChI is InChI=1S/C14H24N4/c1-5-11-16-12(15)10(2)13(17-11)18-8-6-7-14(3,4)9-18/h5-9H2,1-4H3,(H2,15,16,17). The summed E-state index contributed by atoms with van der Waals surface area (Å²) in [4.78, 5) is 11.4. The first-order chi connectivity index (χ1) is 8.43. The minimum atomic E-state index is 0.358. The molecule has 18 heavy (non-hydrogen) atoms. The SMILES string of the molecule is CCc1nc(N)c(C)c(N2CCCC(C)(C)C2)n1. The van der Waals surface area contributed by atoms with Gasteiger partial charge in [0.05, 0.1) is 0 Å². The van der Waals surface area contributed by atoms with E-state index < -0.39 is 0 Å². The van der Waals surface area contributed by atoms with Gasteiger partial charge in [0.1, 0.15) is 17.5 Å². The van der Waals surface area contributed by atoms with Crippen molar-refractivity contribution in [3.05, 3.63) is 11.4 Å². The van der Waals surface area contributed by atoms with Gasteiger partial charge >= 0.3 is 0 Å². The Balaban J connectivity index is 2.35. The predicted molar refractivity (Wildman–Crippen MR) is 75.8 cm³/mol. The Morgan fingerprint density at radius 1 is 1.33 bits per heavy atom. The highest BCUT2D eigenvalue weighted by Gasteiger charge is 2.28. The van der Waals surface area contributed by atoms with E-state index in [-0.39, 0.29) is 0 Å². The lowest BCUT2D eigenvalue weighted by atomic mass is 9.84. The van der Waals surface area contributed by atoms with Gasteiger partial charge in [-0.3, -0.25) is 0 Å². The van der Waals surface area contributed by atoms with Crippen molar-refractivity contribution >= 4 is 11.6 Å². The van der Waals surface area contributed by atoms with Gasteiger partial charge < -0.3 is 10.6 Å². The number of nitrogens with two attached hydrogens (primary N) is 1. The van der Waals surface area contributed by atoms with Gasteiger partial charge in [0.2, 0.25) is 0 Å². The van der Waals surface area contributed by atoms with E-state index >= 15 is 0 Å². The number of aryl methyl sites for hydroxylation is 1. The molecule has 0 atom stereocenters. The average molecular weight is 248 g/mol. The van der Waals surface area contributed by atoms with E-state index in [0.29, 0.717) is 11.2 Å². The number of rotatable bonds is 2. The predicted octanol–water partition coefficient (Wildman–Crippen LogP) is 2.56. The Kier molecular flexibility index (Phi) is 3.46. The van der Waals surface area contributed by atoms with Crippen LogP contribution >= 0.6 is 0 Å². The van der Waals surface area contributed by atoms with E-state index in [1.807, 2.05) is 6.92 Å². The van der Waals surface area contributed by atoms with Gasteiger partial charge in [-0.05, 0) is 25.2 Å². The van der Waals surface area contributed by atoms with Crippen LogP contribution in [0.15, 0.2) is 0 Å². The van der Waals surface area contributed by atoms with Crippen molar-refractivity contribution < 1.29 is 0 Å². The van der Waals surface area contributed by atoms with Crippen molar-refractivity contribution in [1.29, 1.82) is 0 Å². The fourth-order valence-corrected chi connectivity index (χ4v) is 2.64. The van der Waals surface area contributed by atoms with Crippen LogP contribution in [0.4, 0.5) is 11.6 Å². The van der Waals surface area contributed by atoms with Crippen LogP contribution in [-0.4, -0.2) is 23.1 Å². The summed E-state index contributed by atoms with van der Waals surface area (Å²) in [6.07, 6.45) is 3.33. The van der Waals surface area contributed by atoms with E-state index in [1.54, 1.807) is 0 Å². The molecule has 1 aliphatic heterocycles. The van der Waals surface area contributed by atoms with E-state index in [4.69, 9.17) is 5.73 Å². The van der Waals surface area contributed by atoms with Gasteiger partial charge in [-0.15, -0.1) is 0 Å². The van der Waals surface area contributed by atoms with Crippen LogP contribution in [0.3, 0.4) is 0 Å². The molecular formula is C14H24N4. The van der Waals surface area contributed by atoms with Crippen molar-refractivity contribution in [3.8, 4) is 0 Å². The molecule has 1 fully saturated rings. The summed E-state index contributed by atoms with van der Waals surface area (Å²) in [7, 11) is 0. The van der Waals surface area contributed by atoms with Crippen molar-refractivity contribution in [1.82, 2.24) is 9.97 Å². The lowest BCUT2D eigenvalue weighted by molar-refractivity contribution is 0.292. The molecule has 0 saturated carbocycles. The fourth-order valence-electron chi connectivity index (χ4n) is 2.64. The first-order valence-electron chi connectivity index (χ1n) is 6.81. The fraction of sp³-hybridized carbons (Fsp3) is 0.714. The molecule has 1 aromatic heterocycles. The molecule has 0 radical (unpaired) electrons. The monoisotopic (exact) mass is 248 g/mol. The lowest BCUT2D eigenvalue weighted by Crippen LogP contribution is -2.41. The molecule has 0 bridgehead atoms. The molecule has 0 aromatic carbocycles.